The Morgan fingerprint density at radius 3 is 2.85 bits per heavy atom. The van der Waals surface area contributed by atoms with E-state index < -0.39 is 11.5 Å². The number of nitrogens with zero attached hydrogens (tertiary/aromatic N) is 1. The number of halogens is 1. The van der Waals surface area contributed by atoms with Crippen LogP contribution in [0.1, 0.15) is 34.5 Å². The van der Waals surface area contributed by atoms with Crippen molar-refractivity contribution in [1.29, 1.82) is 0 Å². The average molecular weight is 383 g/mol. The van der Waals surface area contributed by atoms with Gasteiger partial charge in [0.25, 0.3) is 11.5 Å². The van der Waals surface area contributed by atoms with Crippen LogP contribution < -0.4 is 10.9 Å². The highest BCUT2D eigenvalue weighted by Crippen LogP contribution is 2.35. The standard InChI is InChI=1S/C21H19ClN2O3/c1-12-10-14-5-3-7-16-18(14)24(12)21(27)17(19(16)25)20(26)23-9-8-13-4-2-6-15(22)11-13/h2-7,11-12,25H,8-10H2,1H3,(H,23,26)/t12-/m1/s1. The van der Waals surface area contributed by atoms with Gasteiger partial charge in [0.15, 0.2) is 0 Å². The Morgan fingerprint density at radius 1 is 1.30 bits per heavy atom. The number of carbonyl (C=O) groups excluding carboxylic acids is 1. The molecule has 2 N–H and O–H groups in total. The molecule has 2 heterocycles. The zero-order chi connectivity index (χ0) is 19.1. The summed E-state index contributed by atoms with van der Waals surface area (Å²) in [7, 11) is 0. The van der Waals surface area contributed by atoms with E-state index in [0.29, 0.717) is 29.8 Å². The van der Waals surface area contributed by atoms with E-state index in [1.165, 1.54) is 0 Å². The van der Waals surface area contributed by atoms with Crippen molar-refractivity contribution < 1.29 is 9.90 Å². The topological polar surface area (TPSA) is 71.3 Å². The summed E-state index contributed by atoms with van der Waals surface area (Å²) >= 11 is 5.97. The number of carbonyl (C=O) groups is 1. The van der Waals surface area contributed by atoms with Crippen LogP contribution in [0, 0.1) is 0 Å². The first-order valence-electron chi connectivity index (χ1n) is 8.89. The lowest BCUT2D eigenvalue weighted by molar-refractivity contribution is 0.0949. The van der Waals surface area contributed by atoms with Crippen molar-refractivity contribution in [3.8, 4) is 5.75 Å². The number of nitrogens with one attached hydrogen (secondary N) is 1. The smallest absolute Gasteiger partial charge is 0.267 e. The van der Waals surface area contributed by atoms with Crippen LogP contribution in [0.2, 0.25) is 5.02 Å². The van der Waals surface area contributed by atoms with E-state index in [1.54, 1.807) is 16.7 Å². The van der Waals surface area contributed by atoms with Gasteiger partial charge in [0.1, 0.15) is 11.3 Å². The summed E-state index contributed by atoms with van der Waals surface area (Å²) in [6, 6.07) is 12.9. The average Bonchev–Trinajstić information content (AvgIpc) is 2.97. The first-order chi connectivity index (χ1) is 13.0. The SMILES string of the molecule is C[C@@H]1Cc2cccc3c(O)c(C(=O)NCCc4cccc(Cl)c4)c(=O)n1c23. The van der Waals surface area contributed by atoms with Crippen LogP contribution >= 0.6 is 11.6 Å². The van der Waals surface area contributed by atoms with Crippen molar-refractivity contribution in [2.24, 2.45) is 0 Å². The minimum Gasteiger partial charge on any atom is -0.506 e. The fraction of sp³-hybridized carbons (Fsp3) is 0.238. The Labute approximate surface area is 161 Å². The predicted octanol–water partition coefficient (Wildman–Crippen LogP) is 3.45. The first-order valence-corrected chi connectivity index (χ1v) is 9.27. The van der Waals surface area contributed by atoms with Crippen LogP contribution in [0.3, 0.4) is 0 Å². The van der Waals surface area contributed by atoms with Gasteiger partial charge in [-0.05, 0) is 49.1 Å². The highest BCUT2D eigenvalue weighted by Gasteiger charge is 2.29. The normalized spacial score (nSPS) is 15.3. The molecule has 1 aromatic heterocycles. The molecule has 0 saturated heterocycles. The molecule has 6 heteroatoms. The minimum atomic E-state index is -0.560. The third kappa shape index (κ3) is 2.98. The largest absolute Gasteiger partial charge is 0.506 e. The van der Waals surface area contributed by atoms with Crippen molar-refractivity contribution in [2.75, 3.05) is 6.54 Å². The molecule has 0 saturated carbocycles. The van der Waals surface area contributed by atoms with E-state index in [1.807, 2.05) is 37.3 Å². The summed E-state index contributed by atoms with van der Waals surface area (Å²) in [6.07, 6.45) is 1.29. The molecule has 0 radical (unpaired) electrons. The lowest BCUT2D eigenvalue weighted by Crippen LogP contribution is -2.34. The number of hydrogen-bond donors (Lipinski definition) is 2. The molecule has 3 aromatic rings. The van der Waals surface area contributed by atoms with Crippen LogP contribution in [-0.2, 0) is 12.8 Å². The van der Waals surface area contributed by atoms with E-state index in [2.05, 4.69) is 5.32 Å². The van der Waals surface area contributed by atoms with Gasteiger partial charge >= 0.3 is 0 Å². The molecule has 138 valence electrons. The quantitative estimate of drug-likeness (QED) is 0.726. The molecule has 0 unspecified atom stereocenters. The molecular formula is C21H19ClN2O3. The monoisotopic (exact) mass is 382 g/mol. The fourth-order valence-corrected chi connectivity index (χ4v) is 4.04. The van der Waals surface area contributed by atoms with Crippen LogP contribution in [0.5, 0.6) is 5.75 Å². The van der Waals surface area contributed by atoms with Gasteiger partial charge in [-0.15, -0.1) is 0 Å². The summed E-state index contributed by atoms with van der Waals surface area (Å²) < 4.78 is 1.62. The maximum absolute atomic E-state index is 12.9. The van der Waals surface area contributed by atoms with E-state index >= 15 is 0 Å². The zero-order valence-electron chi connectivity index (χ0n) is 14.8. The Bertz CT molecular complexity index is 1120. The van der Waals surface area contributed by atoms with Crippen molar-refractivity contribution in [1.82, 2.24) is 9.88 Å². The minimum absolute atomic E-state index is 0.0454. The molecular weight excluding hydrogens is 364 g/mol. The van der Waals surface area contributed by atoms with Gasteiger partial charge in [-0.25, -0.2) is 0 Å². The summed E-state index contributed by atoms with van der Waals surface area (Å²) in [5, 5.41) is 14.5. The van der Waals surface area contributed by atoms with Crippen LogP contribution in [0.25, 0.3) is 10.9 Å². The molecule has 1 amide bonds. The Balaban J connectivity index is 1.64. The second-order valence-corrected chi connectivity index (χ2v) is 7.34. The summed E-state index contributed by atoms with van der Waals surface area (Å²) in [5.41, 5.74) is 2.08. The Kier molecular flexibility index (Phi) is 4.40. The maximum Gasteiger partial charge on any atom is 0.267 e. The lowest BCUT2D eigenvalue weighted by atomic mass is 10.1. The molecule has 0 fully saturated rings. The van der Waals surface area contributed by atoms with Gasteiger partial charge in [0.2, 0.25) is 0 Å². The van der Waals surface area contributed by atoms with E-state index in [9.17, 15) is 14.7 Å². The zero-order valence-corrected chi connectivity index (χ0v) is 15.6. The van der Waals surface area contributed by atoms with Crippen molar-refractivity contribution in [3.05, 3.63) is 74.5 Å². The van der Waals surface area contributed by atoms with Crippen molar-refractivity contribution in [3.63, 3.8) is 0 Å². The second kappa shape index (κ2) is 6.74. The second-order valence-electron chi connectivity index (χ2n) is 6.90. The van der Waals surface area contributed by atoms with E-state index in [-0.39, 0.29) is 17.4 Å². The maximum atomic E-state index is 12.9. The molecule has 0 aliphatic carbocycles. The number of hydrogen-bond acceptors (Lipinski definition) is 3. The highest BCUT2D eigenvalue weighted by molar-refractivity contribution is 6.30. The van der Waals surface area contributed by atoms with E-state index in [0.717, 1.165) is 16.6 Å². The summed E-state index contributed by atoms with van der Waals surface area (Å²) in [6.45, 7) is 2.28. The summed E-state index contributed by atoms with van der Waals surface area (Å²) in [4.78, 5) is 25.6. The fourth-order valence-electron chi connectivity index (χ4n) is 3.83. The van der Waals surface area contributed by atoms with Gasteiger partial charge < -0.3 is 15.0 Å². The van der Waals surface area contributed by atoms with Crippen LogP contribution in [0.15, 0.2) is 47.3 Å². The van der Waals surface area contributed by atoms with Crippen molar-refractivity contribution in [2.45, 2.75) is 25.8 Å². The molecule has 2 aromatic carbocycles. The number of pyridine rings is 1. The number of aromatic nitrogens is 1. The van der Waals surface area contributed by atoms with Gasteiger partial charge in [-0.2, -0.15) is 0 Å². The Hall–Kier alpha value is -2.79. The molecule has 1 aliphatic rings. The number of para-hydroxylation sites is 1. The van der Waals surface area contributed by atoms with Gasteiger partial charge in [0.05, 0.1) is 5.52 Å². The highest BCUT2D eigenvalue weighted by atomic mass is 35.5. The Morgan fingerprint density at radius 2 is 2.07 bits per heavy atom. The predicted molar refractivity (Wildman–Crippen MR) is 106 cm³/mol. The van der Waals surface area contributed by atoms with Gasteiger partial charge in [-0.1, -0.05) is 35.9 Å². The lowest BCUT2D eigenvalue weighted by Gasteiger charge is -2.14. The number of rotatable bonds is 4. The summed E-state index contributed by atoms with van der Waals surface area (Å²) in [5.74, 6) is -0.808. The number of benzene rings is 2. The van der Waals surface area contributed by atoms with Gasteiger partial charge in [-0.3, -0.25) is 9.59 Å². The van der Waals surface area contributed by atoms with Crippen molar-refractivity contribution >= 4 is 28.4 Å². The van der Waals surface area contributed by atoms with Crippen LogP contribution in [0.4, 0.5) is 0 Å². The molecule has 4 rings (SSSR count). The molecule has 0 spiro atoms. The number of amides is 1. The molecule has 1 aliphatic heterocycles. The third-order valence-corrected chi connectivity index (χ3v) is 5.29. The number of aromatic hydroxyl groups is 1. The van der Waals surface area contributed by atoms with E-state index in [4.69, 9.17) is 11.6 Å². The molecule has 0 bridgehead atoms. The van der Waals surface area contributed by atoms with Crippen LogP contribution in [-0.4, -0.2) is 22.1 Å². The molecule has 5 nitrogen and oxygen atoms in total. The molecule has 1 atom stereocenters. The first kappa shape index (κ1) is 17.6. The third-order valence-electron chi connectivity index (χ3n) is 5.06. The van der Waals surface area contributed by atoms with Gasteiger partial charge in [0, 0.05) is 23.0 Å². The molecule has 27 heavy (non-hydrogen) atoms.